The third kappa shape index (κ3) is 6.71. The molecule has 2 aromatic carbocycles. The Bertz CT molecular complexity index is 790. The minimum atomic E-state index is -0.107. The Hall–Kier alpha value is -2.66. The molecule has 3 rings (SSSR count). The lowest BCUT2D eigenvalue weighted by atomic mass is 10.0. The standard InChI is InChI=1S/C24H31N3O2/c1-19-8-5-6-17-27(19)18-20-12-14-22(15-13-20)26-23(28)11-7-16-25-24(29)21-9-3-2-4-10-21/h2-4,9-10,12-15,19H,5-8,11,16-18H2,1H3,(H,25,29)(H,26,28). The van der Waals surface area contributed by atoms with Crippen molar-refractivity contribution in [3.8, 4) is 0 Å². The lowest BCUT2D eigenvalue weighted by Crippen LogP contribution is -2.36. The summed E-state index contributed by atoms with van der Waals surface area (Å²) < 4.78 is 0. The molecule has 2 aromatic rings. The lowest BCUT2D eigenvalue weighted by molar-refractivity contribution is -0.116. The Kier molecular flexibility index (Phi) is 7.82. The van der Waals surface area contributed by atoms with Crippen LogP contribution in [0.3, 0.4) is 0 Å². The lowest BCUT2D eigenvalue weighted by Gasteiger charge is -2.33. The SMILES string of the molecule is CC1CCCCN1Cc1ccc(NC(=O)CCCNC(=O)c2ccccc2)cc1. The average molecular weight is 394 g/mol. The van der Waals surface area contributed by atoms with E-state index in [1.54, 1.807) is 12.1 Å². The van der Waals surface area contributed by atoms with Crippen molar-refractivity contribution in [3.05, 3.63) is 65.7 Å². The molecule has 2 N–H and O–H groups in total. The van der Waals surface area contributed by atoms with E-state index in [2.05, 4.69) is 34.6 Å². The van der Waals surface area contributed by atoms with E-state index in [1.165, 1.54) is 31.4 Å². The monoisotopic (exact) mass is 393 g/mol. The summed E-state index contributed by atoms with van der Waals surface area (Å²) in [4.78, 5) is 26.6. The number of hydrogen-bond acceptors (Lipinski definition) is 3. The topological polar surface area (TPSA) is 61.4 Å². The first-order chi connectivity index (χ1) is 14.1. The quantitative estimate of drug-likeness (QED) is 0.661. The van der Waals surface area contributed by atoms with Crippen molar-refractivity contribution in [1.29, 1.82) is 0 Å². The predicted octanol–water partition coefficient (Wildman–Crippen LogP) is 4.21. The van der Waals surface area contributed by atoms with Crippen LogP contribution in [0.4, 0.5) is 5.69 Å². The molecule has 1 heterocycles. The normalized spacial score (nSPS) is 16.9. The first-order valence-electron chi connectivity index (χ1n) is 10.6. The Morgan fingerprint density at radius 3 is 2.52 bits per heavy atom. The van der Waals surface area contributed by atoms with Crippen molar-refractivity contribution in [3.63, 3.8) is 0 Å². The van der Waals surface area contributed by atoms with Crippen molar-refractivity contribution in [2.24, 2.45) is 0 Å². The summed E-state index contributed by atoms with van der Waals surface area (Å²) in [5.74, 6) is -0.138. The van der Waals surface area contributed by atoms with E-state index in [4.69, 9.17) is 0 Å². The van der Waals surface area contributed by atoms with Crippen LogP contribution in [0.1, 0.15) is 54.9 Å². The number of anilines is 1. The summed E-state index contributed by atoms with van der Waals surface area (Å²) >= 11 is 0. The minimum Gasteiger partial charge on any atom is -0.352 e. The molecule has 1 atom stereocenters. The predicted molar refractivity (Wildman–Crippen MR) is 117 cm³/mol. The molecule has 0 aromatic heterocycles. The number of amides is 2. The van der Waals surface area contributed by atoms with Gasteiger partial charge in [-0.2, -0.15) is 0 Å². The Morgan fingerprint density at radius 1 is 1.03 bits per heavy atom. The van der Waals surface area contributed by atoms with Gasteiger partial charge in [-0.15, -0.1) is 0 Å². The Labute approximate surface area is 173 Å². The highest BCUT2D eigenvalue weighted by Gasteiger charge is 2.18. The van der Waals surface area contributed by atoms with Gasteiger partial charge in [-0.05, 0) is 62.6 Å². The molecule has 29 heavy (non-hydrogen) atoms. The number of piperidine rings is 1. The fourth-order valence-corrected chi connectivity index (χ4v) is 3.69. The van der Waals surface area contributed by atoms with Gasteiger partial charge in [0, 0.05) is 36.8 Å². The number of carbonyl (C=O) groups excluding carboxylic acids is 2. The molecule has 0 bridgehead atoms. The van der Waals surface area contributed by atoms with E-state index in [-0.39, 0.29) is 11.8 Å². The van der Waals surface area contributed by atoms with Crippen LogP contribution in [-0.2, 0) is 11.3 Å². The first kappa shape index (κ1) is 21.1. The second-order valence-corrected chi connectivity index (χ2v) is 7.79. The van der Waals surface area contributed by atoms with Crippen molar-refractivity contribution in [2.75, 3.05) is 18.4 Å². The third-order valence-electron chi connectivity index (χ3n) is 5.47. The first-order valence-corrected chi connectivity index (χ1v) is 10.6. The highest BCUT2D eigenvalue weighted by atomic mass is 16.2. The van der Waals surface area contributed by atoms with E-state index >= 15 is 0 Å². The van der Waals surface area contributed by atoms with Gasteiger partial charge in [0.25, 0.3) is 5.91 Å². The molecule has 1 unspecified atom stereocenters. The largest absolute Gasteiger partial charge is 0.352 e. The van der Waals surface area contributed by atoms with Gasteiger partial charge in [-0.3, -0.25) is 14.5 Å². The molecule has 0 saturated carbocycles. The van der Waals surface area contributed by atoms with Crippen LogP contribution in [0.15, 0.2) is 54.6 Å². The molecule has 1 aliphatic rings. The van der Waals surface area contributed by atoms with Crippen LogP contribution >= 0.6 is 0 Å². The van der Waals surface area contributed by atoms with E-state index < -0.39 is 0 Å². The molecule has 5 nitrogen and oxygen atoms in total. The zero-order chi connectivity index (χ0) is 20.5. The summed E-state index contributed by atoms with van der Waals surface area (Å²) in [6, 6.07) is 17.9. The highest BCUT2D eigenvalue weighted by Crippen LogP contribution is 2.20. The Balaban J connectivity index is 1.36. The second kappa shape index (κ2) is 10.8. The maximum Gasteiger partial charge on any atom is 0.251 e. The van der Waals surface area contributed by atoms with Crippen LogP contribution in [0.25, 0.3) is 0 Å². The molecule has 0 aliphatic carbocycles. The summed E-state index contributed by atoms with van der Waals surface area (Å²) in [5.41, 5.74) is 2.73. The number of carbonyl (C=O) groups is 2. The second-order valence-electron chi connectivity index (χ2n) is 7.79. The summed E-state index contributed by atoms with van der Waals surface area (Å²) in [6.45, 7) is 4.92. The number of nitrogens with one attached hydrogen (secondary N) is 2. The van der Waals surface area contributed by atoms with Crippen LogP contribution in [0.5, 0.6) is 0 Å². The van der Waals surface area contributed by atoms with Gasteiger partial charge in [-0.1, -0.05) is 36.8 Å². The smallest absolute Gasteiger partial charge is 0.251 e. The molecule has 1 saturated heterocycles. The van der Waals surface area contributed by atoms with Gasteiger partial charge in [-0.25, -0.2) is 0 Å². The fourth-order valence-electron chi connectivity index (χ4n) is 3.69. The summed E-state index contributed by atoms with van der Waals surface area (Å²) in [7, 11) is 0. The Morgan fingerprint density at radius 2 is 1.79 bits per heavy atom. The minimum absolute atomic E-state index is 0.0311. The van der Waals surface area contributed by atoms with E-state index in [0.29, 0.717) is 31.0 Å². The van der Waals surface area contributed by atoms with Crippen LogP contribution in [-0.4, -0.2) is 35.8 Å². The molecule has 1 fully saturated rings. The number of nitrogens with zero attached hydrogens (tertiary/aromatic N) is 1. The summed E-state index contributed by atoms with van der Waals surface area (Å²) in [5, 5.41) is 5.78. The van der Waals surface area contributed by atoms with E-state index in [1.807, 2.05) is 30.3 Å². The number of rotatable bonds is 8. The molecule has 154 valence electrons. The summed E-state index contributed by atoms with van der Waals surface area (Å²) in [6.07, 6.45) is 4.88. The van der Waals surface area contributed by atoms with E-state index in [9.17, 15) is 9.59 Å². The third-order valence-corrected chi connectivity index (χ3v) is 5.47. The van der Waals surface area contributed by atoms with Gasteiger partial charge in [0.1, 0.15) is 0 Å². The number of likely N-dealkylation sites (tertiary alicyclic amines) is 1. The van der Waals surface area contributed by atoms with Crippen molar-refractivity contribution < 1.29 is 9.59 Å². The van der Waals surface area contributed by atoms with Crippen LogP contribution in [0, 0.1) is 0 Å². The van der Waals surface area contributed by atoms with Crippen LogP contribution < -0.4 is 10.6 Å². The molecule has 0 radical (unpaired) electrons. The van der Waals surface area contributed by atoms with Crippen molar-refractivity contribution in [2.45, 2.75) is 51.6 Å². The molecule has 2 amide bonds. The number of hydrogen-bond donors (Lipinski definition) is 2. The van der Waals surface area contributed by atoms with Gasteiger partial charge >= 0.3 is 0 Å². The molecule has 1 aliphatic heterocycles. The maximum absolute atomic E-state index is 12.1. The van der Waals surface area contributed by atoms with Crippen LogP contribution in [0.2, 0.25) is 0 Å². The maximum atomic E-state index is 12.1. The van der Waals surface area contributed by atoms with Gasteiger partial charge < -0.3 is 10.6 Å². The molecular weight excluding hydrogens is 362 g/mol. The zero-order valence-corrected chi connectivity index (χ0v) is 17.2. The molecular formula is C24H31N3O2. The zero-order valence-electron chi connectivity index (χ0n) is 17.2. The van der Waals surface area contributed by atoms with Gasteiger partial charge in [0.2, 0.25) is 5.91 Å². The average Bonchev–Trinajstić information content (AvgIpc) is 2.75. The molecule has 0 spiro atoms. The number of benzene rings is 2. The van der Waals surface area contributed by atoms with E-state index in [0.717, 1.165) is 12.2 Å². The fraction of sp³-hybridized carbons (Fsp3) is 0.417. The highest BCUT2D eigenvalue weighted by molar-refractivity contribution is 5.94. The van der Waals surface area contributed by atoms with Crippen molar-refractivity contribution >= 4 is 17.5 Å². The molecule has 5 heteroatoms. The van der Waals surface area contributed by atoms with Gasteiger partial charge in [0.05, 0.1) is 0 Å². The van der Waals surface area contributed by atoms with Gasteiger partial charge in [0.15, 0.2) is 0 Å². The van der Waals surface area contributed by atoms with Crippen molar-refractivity contribution in [1.82, 2.24) is 10.2 Å².